The molecule has 3 aromatic rings. The Balaban J connectivity index is 0.000000704. The van der Waals surface area contributed by atoms with Crippen LogP contribution in [-0.4, -0.2) is 19.7 Å². The van der Waals surface area contributed by atoms with Gasteiger partial charge in [-0.05, 0) is 36.5 Å². The van der Waals surface area contributed by atoms with E-state index in [4.69, 9.17) is 12.2 Å². The Labute approximate surface area is 123 Å². The summed E-state index contributed by atoms with van der Waals surface area (Å²) in [5, 5.41) is 7.11. The lowest BCUT2D eigenvalue weighted by atomic mass is 10.2. The first-order valence-corrected chi connectivity index (χ1v) is 6.90. The molecule has 0 aliphatic heterocycles. The Hall–Kier alpha value is -2.27. The maximum absolute atomic E-state index is 5.28. The van der Waals surface area contributed by atoms with Gasteiger partial charge in [0.2, 0.25) is 0 Å². The van der Waals surface area contributed by atoms with Crippen LogP contribution in [0, 0.1) is 4.77 Å². The number of rotatable bonds is 2. The lowest BCUT2D eigenvalue weighted by molar-refractivity contribution is 1.04. The molecule has 0 bridgehead atoms. The van der Waals surface area contributed by atoms with Crippen molar-refractivity contribution in [3.8, 4) is 17.1 Å². The molecule has 0 saturated carbocycles. The maximum Gasteiger partial charge on any atom is 0.200 e. The number of nitrogens with zero attached hydrogens (tertiary/aromatic N) is 3. The van der Waals surface area contributed by atoms with Crippen LogP contribution < -0.4 is 0 Å². The normalized spacial score (nSPS) is 9.70. The number of hydrogen-bond acceptors (Lipinski definition) is 3. The second-order valence-electron chi connectivity index (χ2n) is 3.76. The number of aromatic amines is 1. The molecule has 0 unspecified atom stereocenters. The first kappa shape index (κ1) is 14.1. The van der Waals surface area contributed by atoms with Gasteiger partial charge >= 0.3 is 0 Å². The van der Waals surface area contributed by atoms with E-state index in [1.807, 2.05) is 60.9 Å². The predicted octanol–water partition coefficient (Wildman–Crippen LogP) is 4.02. The van der Waals surface area contributed by atoms with Crippen molar-refractivity contribution in [3.63, 3.8) is 0 Å². The van der Waals surface area contributed by atoms with E-state index in [1.54, 1.807) is 12.4 Å². The van der Waals surface area contributed by atoms with Gasteiger partial charge in [0.05, 0.1) is 0 Å². The Morgan fingerprint density at radius 3 is 2.30 bits per heavy atom. The van der Waals surface area contributed by atoms with Gasteiger partial charge in [-0.25, -0.2) is 0 Å². The third kappa shape index (κ3) is 2.83. The molecular weight excluding hydrogens is 268 g/mol. The van der Waals surface area contributed by atoms with Crippen LogP contribution in [0.25, 0.3) is 17.1 Å². The van der Waals surface area contributed by atoms with Gasteiger partial charge < -0.3 is 0 Å². The lowest BCUT2D eigenvalue weighted by Crippen LogP contribution is -1.97. The van der Waals surface area contributed by atoms with Crippen LogP contribution >= 0.6 is 12.2 Å². The molecule has 0 spiro atoms. The molecule has 4 nitrogen and oxygen atoms in total. The number of nitrogens with one attached hydrogen (secondary N) is 1. The second kappa shape index (κ2) is 6.77. The van der Waals surface area contributed by atoms with E-state index < -0.39 is 0 Å². The number of para-hydroxylation sites is 1. The molecule has 0 atom stereocenters. The Bertz CT molecular complexity index is 701. The molecule has 0 radical (unpaired) electrons. The Morgan fingerprint density at radius 1 is 1.00 bits per heavy atom. The lowest BCUT2D eigenvalue weighted by Gasteiger charge is -2.06. The van der Waals surface area contributed by atoms with Crippen molar-refractivity contribution >= 4 is 12.2 Å². The average Bonchev–Trinajstić information content (AvgIpc) is 2.93. The smallest absolute Gasteiger partial charge is 0.200 e. The first-order chi connectivity index (χ1) is 9.86. The van der Waals surface area contributed by atoms with Gasteiger partial charge in [-0.15, -0.1) is 0 Å². The molecule has 102 valence electrons. The van der Waals surface area contributed by atoms with Crippen molar-refractivity contribution in [1.82, 2.24) is 19.7 Å². The van der Waals surface area contributed by atoms with Crippen LogP contribution in [-0.2, 0) is 0 Å². The summed E-state index contributed by atoms with van der Waals surface area (Å²) in [6.07, 6.45) is 3.48. The zero-order chi connectivity index (χ0) is 14.4. The molecule has 5 heteroatoms. The summed E-state index contributed by atoms with van der Waals surface area (Å²) in [7, 11) is 0. The highest BCUT2D eigenvalue weighted by Gasteiger charge is 2.09. The molecule has 1 aromatic carbocycles. The summed E-state index contributed by atoms with van der Waals surface area (Å²) >= 11 is 5.28. The highest BCUT2D eigenvalue weighted by atomic mass is 32.1. The summed E-state index contributed by atoms with van der Waals surface area (Å²) in [6.45, 7) is 4.00. The van der Waals surface area contributed by atoms with Gasteiger partial charge in [0.15, 0.2) is 10.6 Å². The van der Waals surface area contributed by atoms with E-state index >= 15 is 0 Å². The van der Waals surface area contributed by atoms with Crippen molar-refractivity contribution in [3.05, 3.63) is 59.6 Å². The van der Waals surface area contributed by atoms with Crippen LogP contribution in [0.15, 0.2) is 54.9 Å². The van der Waals surface area contributed by atoms with E-state index in [-0.39, 0.29) is 0 Å². The fraction of sp³-hybridized carbons (Fsp3) is 0.133. The van der Waals surface area contributed by atoms with E-state index in [1.165, 1.54) is 0 Å². The number of H-pyrrole nitrogens is 1. The summed E-state index contributed by atoms with van der Waals surface area (Å²) in [4.78, 5) is 4.01. The Morgan fingerprint density at radius 2 is 1.65 bits per heavy atom. The minimum absolute atomic E-state index is 0.577. The summed E-state index contributed by atoms with van der Waals surface area (Å²) < 4.78 is 2.48. The molecular formula is C15H16N4S. The number of pyridine rings is 1. The van der Waals surface area contributed by atoms with E-state index in [0.717, 1.165) is 17.1 Å². The summed E-state index contributed by atoms with van der Waals surface area (Å²) in [5.74, 6) is 0.786. The summed E-state index contributed by atoms with van der Waals surface area (Å²) in [5.41, 5.74) is 1.96. The van der Waals surface area contributed by atoms with Crippen LogP contribution in [0.5, 0.6) is 0 Å². The van der Waals surface area contributed by atoms with Gasteiger partial charge in [0.25, 0.3) is 0 Å². The van der Waals surface area contributed by atoms with Crippen molar-refractivity contribution in [2.45, 2.75) is 13.8 Å². The molecule has 0 amide bonds. The number of aromatic nitrogens is 4. The largest absolute Gasteiger partial charge is 0.268 e. The van der Waals surface area contributed by atoms with Gasteiger partial charge in [-0.2, -0.15) is 5.10 Å². The molecule has 1 N–H and O–H groups in total. The zero-order valence-corrected chi connectivity index (χ0v) is 12.3. The third-order valence-electron chi connectivity index (χ3n) is 2.63. The molecule has 0 aliphatic carbocycles. The van der Waals surface area contributed by atoms with Crippen LogP contribution in [0.3, 0.4) is 0 Å². The predicted molar refractivity (Wildman–Crippen MR) is 83.3 cm³/mol. The SMILES string of the molecule is CC.S=c1[nH]nc(-c2ccncc2)n1-c1ccccc1. The first-order valence-electron chi connectivity index (χ1n) is 6.49. The molecule has 0 fully saturated rings. The average molecular weight is 284 g/mol. The van der Waals surface area contributed by atoms with E-state index in [9.17, 15) is 0 Å². The Kier molecular flexibility index (Phi) is 4.79. The van der Waals surface area contributed by atoms with Crippen molar-refractivity contribution in [2.75, 3.05) is 0 Å². The fourth-order valence-electron chi connectivity index (χ4n) is 1.81. The van der Waals surface area contributed by atoms with Crippen LogP contribution in [0.4, 0.5) is 0 Å². The highest BCUT2D eigenvalue weighted by molar-refractivity contribution is 7.71. The van der Waals surface area contributed by atoms with Crippen molar-refractivity contribution in [1.29, 1.82) is 0 Å². The molecule has 20 heavy (non-hydrogen) atoms. The maximum atomic E-state index is 5.28. The minimum atomic E-state index is 0.577. The summed E-state index contributed by atoms with van der Waals surface area (Å²) in [6, 6.07) is 13.7. The zero-order valence-electron chi connectivity index (χ0n) is 11.4. The van der Waals surface area contributed by atoms with Gasteiger partial charge in [-0.3, -0.25) is 14.6 Å². The third-order valence-corrected chi connectivity index (χ3v) is 2.90. The molecule has 2 aromatic heterocycles. The van der Waals surface area contributed by atoms with Gasteiger partial charge in [0, 0.05) is 23.6 Å². The number of hydrogen-bond donors (Lipinski definition) is 1. The fourth-order valence-corrected chi connectivity index (χ4v) is 2.05. The van der Waals surface area contributed by atoms with Gasteiger partial charge in [0.1, 0.15) is 0 Å². The van der Waals surface area contributed by atoms with Gasteiger partial charge in [-0.1, -0.05) is 32.0 Å². The van der Waals surface area contributed by atoms with Crippen molar-refractivity contribution < 1.29 is 0 Å². The number of benzene rings is 1. The molecule has 0 aliphatic rings. The topological polar surface area (TPSA) is 46.5 Å². The van der Waals surface area contributed by atoms with Crippen LogP contribution in [0.2, 0.25) is 0 Å². The standard InChI is InChI=1S/C13H10N4S.C2H6/c18-13-16-15-12(10-6-8-14-9-7-10)17(13)11-4-2-1-3-5-11;1-2/h1-9H,(H,16,18);1-2H3. The second-order valence-corrected chi connectivity index (χ2v) is 4.15. The molecule has 0 saturated heterocycles. The van der Waals surface area contributed by atoms with E-state index in [2.05, 4.69) is 15.2 Å². The molecule has 2 heterocycles. The minimum Gasteiger partial charge on any atom is -0.268 e. The monoisotopic (exact) mass is 284 g/mol. The van der Waals surface area contributed by atoms with Crippen molar-refractivity contribution in [2.24, 2.45) is 0 Å². The van der Waals surface area contributed by atoms with E-state index in [0.29, 0.717) is 4.77 Å². The quantitative estimate of drug-likeness (QED) is 0.723. The van der Waals surface area contributed by atoms with Crippen LogP contribution in [0.1, 0.15) is 13.8 Å². The molecule has 3 rings (SSSR count). The highest BCUT2D eigenvalue weighted by Crippen LogP contribution is 2.20.